The summed E-state index contributed by atoms with van der Waals surface area (Å²) in [5.41, 5.74) is 2.84. The van der Waals surface area contributed by atoms with Crippen LogP contribution in [0.1, 0.15) is 36.7 Å². The van der Waals surface area contributed by atoms with Crippen molar-refractivity contribution in [2.24, 2.45) is 0 Å². The summed E-state index contributed by atoms with van der Waals surface area (Å²) < 4.78 is 5.09. The van der Waals surface area contributed by atoms with Gasteiger partial charge in [0.2, 0.25) is 5.91 Å². The van der Waals surface area contributed by atoms with Crippen molar-refractivity contribution in [2.75, 3.05) is 11.9 Å². The number of anilines is 1. The van der Waals surface area contributed by atoms with Gasteiger partial charge in [-0.15, -0.1) is 0 Å². The van der Waals surface area contributed by atoms with Crippen molar-refractivity contribution in [3.05, 3.63) is 59.9 Å². The van der Waals surface area contributed by atoms with E-state index in [0.29, 0.717) is 17.8 Å². The molecule has 0 aliphatic carbocycles. The van der Waals surface area contributed by atoms with Gasteiger partial charge in [-0.1, -0.05) is 12.1 Å². The molecule has 3 amide bonds. The Hall–Kier alpha value is -3.88. The Kier molecular flexibility index (Phi) is 6.54. The molecule has 2 aromatic carbocycles. The second kappa shape index (κ2) is 9.29. The minimum Gasteiger partial charge on any atom is -0.444 e. The van der Waals surface area contributed by atoms with Gasteiger partial charge in [0.25, 0.3) is 5.91 Å². The van der Waals surface area contributed by atoms with Gasteiger partial charge >= 0.3 is 6.09 Å². The molecule has 4 N–H and O–H groups in total. The summed E-state index contributed by atoms with van der Waals surface area (Å²) >= 11 is 0. The standard InChI is InChI=1S/C22H25N5O4/c1-22(2,3)31-21(30)24-12-19(28)27-16-6-4-5-14(9-16)11-23-20(29)15-7-8-17-18(10-15)26-13-25-17/h4-10,13H,11-12H2,1-3H3,(H,23,29)(H,24,30)(H,25,26)(H,27,28). The van der Waals surface area contributed by atoms with Crippen molar-refractivity contribution in [1.82, 2.24) is 20.6 Å². The van der Waals surface area contributed by atoms with Gasteiger partial charge in [-0.05, 0) is 56.7 Å². The van der Waals surface area contributed by atoms with E-state index in [1.165, 1.54) is 0 Å². The molecule has 0 saturated heterocycles. The van der Waals surface area contributed by atoms with E-state index >= 15 is 0 Å². The van der Waals surface area contributed by atoms with E-state index in [4.69, 9.17) is 4.74 Å². The molecule has 0 atom stereocenters. The van der Waals surface area contributed by atoms with Crippen LogP contribution in [0.2, 0.25) is 0 Å². The Morgan fingerprint density at radius 2 is 1.87 bits per heavy atom. The number of benzene rings is 2. The second-order valence-electron chi connectivity index (χ2n) is 7.92. The fourth-order valence-electron chi connectivity index (χ4n) is 2.79. The van der Waals surface area contributed by atoms with E-state index in [2.05, 4.69) is 25.9 Å². The van der Waals surface area contributed by atoms with E-state index in [9.17, 15) is 14.4 Å². The van der Waals surface area contributed by atoms with Gasteiger partial charge in [-0.2, -0.15) is 0 Å². The quantitative estimate of drug-likeness (QED) is 0.485. The summed E-state index contributed by atoms with van der Waals surface area (Å²) in [5, 5.41) is 7.96. The van der Waals surface area contributed by atoms with Crippen LogP contribution in [0.25, 0.3) is 11.0 Å². The molecule has 0 aliphatic rings. The average Bonchev–Trinajstić information content (AvgIpc) is 3.17. The highest BCUT2D eigenvalue weighted by molar-refractivity contribution is 5.97. The van der Waals surface area contributed by atoms with Crippen LogP contribution in [0.4, 0.5) is 10.5 Å². The molecule has 31 heavy (non-hydrogen) atoms. The van der Waals surface area contributed by atoms with Crippen molar-refractivity contribution in [3.8, 4) is 0 Å². The van der Waals surface area contributed by atoms with E-state index < -0.39 is 11.7 Å². The molecule has 1 aromatic heterocycles. The molecular weight excluding hydrogens is 398 g/mol. The van der Waals surface area contributed by atoms with Gasteiger partial charge in [0.15, 0.2) is 0 Å². The van der Waals surface area contributed by atoms with Crippen LogP contribution < -0.4 is 16.0 Å². The van der Waals surface area contributed by atoms with Crippen LogP contribution >= 0.6 is 0 Å². The topological polar surface area (TPSA) is 125 Å². The molecule has 0 aliphatic heterocycles. The Morgan fingerprint density at radius 3 is 2.65 bits per heavy atom. The summed E-state index contributed by atoms with van der Waals surface area (Å²) in [5.74, 6) is -0.604. The maximum Gasteiger partial charge on any atom is 0.408 e. The molecule has 3 rings (SSSR count). The number of nitrogens with one attached hydrogen (secondary N) is 4. The molecule has 3 aromatic rings. The van der Waals surface area contributed by atoms with Crippen molar-refractivity contribution in [2.45, 2.75) is 32.9 Å². The summed E-state index contributed by atoms with van der Waals surface area (Å²) in [6, 6.07) is 12.3. The first-order chi connectivity index (χ1) is 14.7. The summed E-state index contributed by atoms with van der Waals surface area (Å²) in [7, 11) is 0. The number of nitrogens with zero attached hydrogens (tertiary/aromatic N) is 1. The number of H-pyrrole nitrogens is 1. The maximum atomic E-state index is 12.4. The number of imidazole rings is 1. The van der Waals surface area contributed by atoms with Gasteiger partial charge < -0.3 is 25.7 Å². The van der Waals surface area contributed by atoms with Crippen molar-refractivity contribution < 1.29 is 19.1 Å². The highest BCUT2D eigenvalue weighted by Gasteiger charge is 2.16. The highest BCUT2D eigenvalue weighted by Crippen LogP contribution is 2.13. The lowest BCUT2D eigenvalue weighted by molar-refractivity contribution is -0.115. The Bertz CT molecular complexity index is 1100. The number of carbonyl (C=O) groups is 3. The number of hydrogen-bond acceptors (Lipinski definition) is 5. The molecule has 0 saturated carbocycles. The molecule has 1 heterocycles. The Morgan fingerprint density at radius 1 is 1.06 bits per heavy atom. The lowest BCUT2D eigenvalue weighted by atomic mass is 10.1. The molecule has 0 radical (unpaired) electrons. The first-order valence-corrected chi connectivity index (χ1v) is 9.76. The molecule has 9 heteroatoms. The van der Waals surface area contributed by atoms with Crippen molar-refractivity contribution >= 4 is 34.6 Å². The molecule has 162 valence electrons. The van der Waals surface area contributed by atoms with Crippen LogP contribution in [0.3, 0.4) is 0 Å². The van der Waals surface area contributed by atoms with E-state index in [-0.39, 0.29) is 18.4 Å². The van der Waals surface area contributed by atoms with Gasteiger partial charge in [0.1, 0.15) is 12.1 Å². The van der Waals surface area contributed by atoms with Gasteiger partial charge in [-0.25, -0.2) is 9.78 Å². The molecule has 0 spiro atoms. The number of hydrogen-bond donors (Lipinski definition) is 4. The fourth-order valence-corrected chi connectivity index (χ4v) is 2.79. The smallest absolute Gasteiger partial charge is 0.408 e. The minimum atomic E-state index is -0.660. The predicted molar refractivity (Wildman–Crippen MR) is 117 cm³/mol. The zero-order valence-electron chi connectivity index (χ0n) is 17.6. The maximum absolute atomic E-state index is 12.4. The predicted octanol–water partition coefficient (Wildman–Crippen LogP) is 2.96. The Labute approximate surface area is 179 Å². The number of fused-ring (bicyclic) bond motifs is 1. The number of aromatic nitrogens is 2. The van der Waals surface area contributed by atoms with E-state index in [1.807, 2.05) is 6.07 Å². The molecule has 0 fully saturated rings. The Balaban J connectivity index is 1.50. The fraction of sp³-hybridized carbons (Fsp3) is 0.273. The van der Waals surface area contributed by atoms with Crippen LogP contribution in [0, 0.1) is 0 Å². The second-order valence-corrected chi connectivity index (χ2v) is 7.92. The lowest BCUT2D eigenvalue weighted by Gasteiger charge is -2.19. The number of carbonyl (C=O) groups excluding carboxylic acids is 3. The summed E-state index contributed by atoms with van der Waals surface area (Å²) in [6.07, 6.45) is 0.919. The van der Waals surface area contributed by atoms with E-state index in [1.54, 1.807) is 63.5 Å². The third kappa shape index (κ3) is 6.56. The first-order valence-electron chi connectivity index (χ1n) is 9.76. The van der Waals surface area contributed by atoms with Crippen LogP contribution in [-0.2, 0) is 16.1 Å². The average molecular weight is 423 g/mol. The number of alkyl carbamates (subject to hydrolysis) is 1. The van der Waals surface area contributed by atoms with Crippen LogP contribution in [-0.4, -0.2) is 40.0 Å². The number of rotatable bonds is 6. The van der Waals surface area contributed by atoms with Gasteiger partial charge in [0.05, 0.1) is 17.4 Å². The van der Waals surface area contributed by atoms with Gasteiger partial charge in [0, 0.05) is 17.8 Å². The summed E-state index contributed by atoms with van der Waals surface area (Å²) in [4.78, 5) is 43.2. The SMILES string of the molecule is CC(C)(C)OC(=O)NCC(=O)Nc1cccc(CNC(=O)c2ccc3nc[nH]c3c2)c1. The summed E-state index contributed by atoms with van der Waals surface area (Å²) in [6.45, 7) is 5.30. The van der Waals surface area contributed by atoms with Crippen LogP contribution in [0.5, 0.6) is 0 Å². The molecular formula is C22H25N5O4. The van der Waals surface area contributed by atoms with Crippen LogP contribution in [0.15, 0.2) is 48.8 Å². The van der Waals surface area contributed by atoms with Crippen molar-refractivity contribution in [1.29, 1.82) is 0 Å². The first kappa shape index (κ1) is 21.8. The molecule has 0 unspecified atom stereocenters. The number of aromatic amines is 1. The van der Waals surface area contributed by atoms with E-state index in [0.717, 1.165) is 16.6 Å². The van der Waals surface area contributed by atoms with Gasteiger partial charge in [-0.3, -0.25) is 9.59 Å². The monoisotopic (exact) mass is 423 g/mol. The molecule has 9 nitrogen and oxygen atoms in total. The third-order valence-corrected chi connectivity index (χ3v) is 4.14. The lowest BCUT2D eigenvalue weighted by Crippen LogP contribution is -2.37. The normalized spacial score (nSPS) is 11.1. The zero-order valence-corrected chi connectivity index (χ0v) is 17.6. The minimum absolute atomic E-state index is 0.215. The largest absolute Gasteiger partial charge is 0.444 e. The zero-order chi connectivity index (χ0) is 22.4. The highest BCUT2D eigenvalue weighted by atomic mass is 16.6. The molecule has 0 bridgehead atoms. The third-order valence-electron chi connectivity index (χ3n) is 4.14. The van der Waals surface area contributed by atoms with Crippen molar-refractivity contribution in [3.63, 3.8) is 0 Å². The number of ether oxygens (including phenoxy) is 1. The number of amides is 3.